The Kier molecular flexibility index (Phi) is 3.56. The maximum Gasteiger partial charge on any atom is 0.274 e. The van der Waals surface area contributed by atoms with Gasteiger partial charge in [0.15, 0.2) is 0 Å². The van der Waals surface area contributed by atoms with Crippen molar-refractivity contribution in [2.45, 2.75) is 47.1 Å². The van der Waals surface area contributed by atoms with Crippen LogP contribution in [0.5, 0.6) is 0 Å². The Hall–Kier alpha value is -1.52. The van der Waals surface area contributed by atoms with Crippen molar-refractivity contribution < 1.29 is 4.79 Å². The Morgan fingerprint density at radius 3 is 2.74 bits per heavy atom. The van der Waals surface area contributed by atoms with Crippen molar-refractivity contribution in [1.82, 2.24) is 14.7 Å². The summed E-state index contributed by atoms with van der Waals surface area (Å²) in [6, 6.07) is 0. The Labute approximate surface area is 114 Å². The van der Waals surface area contributed by atoms with Gasteiger partial charge in [-0.1, -0.05) is 13.8 Å². The highest BCUT2D eigenvalue weighted by molar-refractivity contribution is 5.98. The van der Waals surface area contributed by atoms with Crippen LogP contribution in [0.15, 0.2) is 0 Å². The van der Waals surface area contributed by atoms with Crippen LogP contribution < -0.4 is 5.73 Å². The first kappa shape index (κ1) is 13.9. The zero-order valence-corrected chi connectivity index (χ0v) is 12.4. The molecule has 5 heteroatoms. The van der Waals surface area contributed by atoms with E-state index in [1.54, 1.807) is 4.68 Å². The average Bonchev–Trinajstić information content (AvgIpc) is 2.63. The van der Waals surface area contributed by atoms with Gasteiger partial charge >= 0.3 is 0 Å². The molecule has 0 atom stereocenters. The molecule has 1 aliphatic rings. The maximum atomic E-state index is 12.7. The normalized spacial score (nSPS) is 18.6. The predicted molar refractivity (Wildman–Crippen MR) is 76.0 cm³/mol. The van der Waals surface area contributed by atoms with E-state index in [1.807, 2.05) is 18.7 Å². The van der Waals surface area contributed by atoms with Crippen molar-refractivity contribution >= 4 is 11.6 Å². The van der Waals surface area contributed by atoms with E-state index in [-0.39, 0.29) is 11.3 Å². The van der Waals surface area contributed by atoms with Gasteiger partial charge in [0.2, 0.25) is 0 Å². The quantitative estimate of drug-likeness (QED) is 0.889. The van der Waals surface area contributed by atoms with Gasteiger partial charge in [-0.2, -0.15) is 5.10 Å². The minimum Gasteiger partial charge on any atom is -0.395 e. The average molecular weight is 264 g/mol. The largest absolute Gasteiger partial charge is 0.395 e. The lowest BCUT2D eigenvalue weighted by Gasteiger charge is -2.38. The van der Waals surface area contributed by atoms with E-state index in [0.717, 1.165) is 25.2 Å². The molecule has 1 aliphatic heterocycles. The Balaban J connectivity index is 2.29. The number of amides is 1. The fourth-order valence-electron chi connectivity index (χ4n) is 2.80. The summed E-state index contributed by atoms with van der Waals surface area (Å²) in [6.45, 7) is 10.5. The molecule has 0 saturated carbocycles. The van der Waals surface area contributed by atoms with E-state index < -0.39 is 0 Å². The van der Waals surface area contributed by atoms with Gasteiger partial charge in [0.1, 0.15) is 5.69 Å². The summed E-state index contributed by atoms with van der Waals surface area (Å²) in [6.07, 6.45) is 2.22. The van der Waals surface area contributed by atoms with Crippen LogP contribution in [0.2, 0.25) is 0 Å². The summed E-state index contributed by atoms with van der Waals surface area (Å²) in [5, 5.41) is 4.33. The molecule has 0 radical (unpaired) electrons. The van der Waals surface area contributed by atoms with Crippen LogP contribution in [0.1, 0.15) is 49.8 Å². The van der Waals surface area contributed by atoms with E-state index in [4.69, 9.17) is 5.73 Å². The number of nitrogens with zero attached hydrogens (tertiary/aromatic N) is 3. The molecule has 0 unspecified atom stereocenters. The van der Waals surface area contributed by atoms with Crippen LogP contribution in [0, 0.1) is 12.3 Å². The molecule has 1 saturated heterocycles. The number of piperidine rings is 1. The molecule has 1 aromatic heterocycles. The molecule has 0 aliphatic carbocycles. The molecule has 0 spiro atoms. The van der Waals surface area contributed by atoms with Gasteiger partial charge < -0.3 is 10.6 Å². The fraction of sp³-hybridized carbons (Fsp3) is 0.714. The molecule has 0 aromatic carbocycles. The second kappa shape index (κ2) is 4.87. The van der Waals surface area contributed by atoms with Crippen LogP contribution in [-0.4, -0.2) is 33.7 Å². The van der Waals surface area contributed by atoms with Crippen LogP contribution in [0.3, 0.4) is 0 Å². The molecule has 1 aromatic rings. The van der Waals surface area contributed by atoms with Gasteiger partial charge in [-0.25, -0.2) is 0 Å². The number of nitrogen functional groups attached to an aromatic ring is 1. The Bertz CT molecular complexity index is 490. The number of hydrogen-bond acceptors (Lipinski definition) is 3. The molecule has 2 N–H and O–H groups in total. The molecule has 1 fully saturated rings. The van der Waals surface area contributed by atoms with Crippen LogP contribution in [0.4, 0.5) is 5.69 Å². The summed E-state index contributed by atoms with van der Waals surface area (Å²) in [7, 11) is 0. The summed E-state index contributed by atoms with van der Waals surface area (Å²) in [5.41, 5.74) is 8.03. The smallest absolute Gasteiger partial charge is 0.274 e. The van der Waals surface area contributed by atoms with Crippen molar-refractivity contribution in [3.05, 3.63) is 11.4 Å². The third-order valence-electron chi connectivity index (χ3n) is 3.86. The van der Waals surface area contributed by atoms with Crippen LogP contribution in [0.25, 0.3) is 0 Å². The number of anilines is 1. The minimum atomic E-state index is 0.0210. The van der Waals surface area contributed by atoms with Gasteiger partial charge in [-0.05, 0) is 32.1 Å². The first-order valence-corrected chi connectivity index (χ1v) is 6.98. The molecule has 106 valence electrons. The first-order valence-electron chi connectivity index (χ1n) is 6.98. The van der Waals surface area contributed by atoms with Crippen molar-refractivity contribution in [2.75, 3.05) is 18.8 Å². The lowest BCUT2D eigenvalue weighted by atomic mass is 9.84. The Morgan fingerprint density at radius 1 is 1.47 bits per heavy atom. The number of rotatable bonds is 2. The fourth-order valence-corrected chi connectivity index (χ4v) is 2.80. The van der Waals surface area contributed by atoms with Crippen molar-refractivity contribution in [2.24, 2.45) is 5.41 Å². The highest BCUT2D eigenvalue weighted by Crippen LogP contribution is 2.30. The SMILES string of the molecule is CCn1nc(C)c(N)c1C(=O)N1CCCC(C)(C)C1. The number of hydrogen-bond donors (Lipinski definition) is 1. The molecule has 19 heavy (non-hydrogen) atoms. The second-order valence-corrected chi connectivity index (χ2v) is 6.16. The third kappa shape index (κ3) is 2.60. The number of aromatic nitrogens is 2. The molecule has 5 nitrogen and oxygen atoms in total. The highest BCUT2D eigenvalue weighted by atomic mass is 16.2. The summed E-state index contributed by atoms with van der Waals surface area (Å²) in [5.74, 6) is 0.0210. The van der Waals surface area contributed by atoms with Crippen molar-refractivity contribution in [3.63, 3.8) is 0 Å². The van der Waals surface area contributed by atoms with Gasteiger partial charge in [0.25, 0.3) is 5.91 Å². The molecule has 1 amide bonds. The maximum absolute atomic E-state index is 12.7. The molecule has 2 heterocycles. The number of aryl methyl sites for hydroxylation is 2. The zero-order chi connectivity index (χ0) is 14.2. The highest BCUT2D eigenvalue weighted by Gasteiger charge is 2.32. The standard InChI is InChI=1S/C14H24N4O/c1-5-18-12(11(15)10(2)16-18)13(19)17-8-6-7-14(3,4)9-17/h5-9,15H2,1-4H3. The molecule has 0 bridgehead atoms. The molecular weight excluding hydrogens is 240 g/mol. The van der Waals surface area contributed by atoms with E-state index >= 15 is 0 Å². The number of likely N-dealkylation sites (tertiary alicyclic amines) is 1. The van der Waals surface area contributed by atoms with E-state index in [9.17, 15) is 4.79 Å². The van der Waals surface area contributed by atoms with Gasteiger partial charge in [-0.3, -0.25) is 9.48 Å². The zero-order valence-electron chi connectivity index (χ0n) is 12.4. The minimum absolute atomic E-state index is 0.0210. The van der Waals surface area contributed by atoms with Crippen molar-refractivity contribution in [1.29, 1.82) is 0 Å². The Morgan fingerprint density at radius 2 is 2.16 bits per heavy atom. The van der Waals surface area contributed by atoms with Crippen molar-refractivity contribution in [3.8, 4) is 0 Å². The number of nitrogens with two attached hydrogens (primary N) is 1. The lowest BCUT2D eigenvalue weighted by molar-refractivity contribution is 0.0572. The van der Waals surface area contributed by atoms with Crippen LogP contribution in [-0.2, 0) is 6.54 Å². The molecular formula is C14H24N4O. The summed E-state index contributed by atoms with van der Waals surface area (Å²) < 4.78 is 1.72. The second-order valence-electron chi connectivity index (χ2n) is 6.16. The summed E-state index contributed by atoms with van der Waals surface area (Å²) in [4.78, 5) is 14.6. The monoisotopic (exact) mass is 264 g/mol. The van der Waals surface area contributed by atoms with Gasteiger partial charge in [-0.15, -0.1) is 0 Å². The van der Waals surface area contributed by atoms with E-state index in [0.29, 0.717) is 17.9 Å². The van der Waals surface area contributed by atoms with Gasteiger partial charge in [0.05, 0.1) is 11.4 Å². The lowest BCUT2D eigenvalue weighted by Crippen LogP contribution is -2.44. The number of carbonyl (C=O) groups is 1. The first-order chi connectivity index (χ1) is 8.85. The topological polar surface area (TPSA) is 64.2 Å². The molecule has 2 rings (SSSR count). The summed E-state index contributed by atoms with van der Waals surface area (Å²) >= 11 is 0. The van der Waals surface area contributed by atoms with E-state index in [2.05, 4.69) is 18.9 Å². The third-order valence-corrected chi connectivity index (χ3v) is 3.86. The van der Waals surface area contributed by atoms with E-state index in [1.165, 1.54) is 6.42 Å². The number of carbonyl (C=O) groups excluding carboxylic acids is 1. The van der Waals surface area contributed by atoms with Crippen LogP contribution >= 0.6 is 0 Å². The predicted octanol–water partition coefficient (Wildman–Crippen LogP) is 2.06. The van der Waals surface area contributed by atoms with Gasteiger partial charge in [0, 0.05) is 19.6 Å².